The number of esters is 1. The number of benzene rings is 1. The van der Waals surface area contributed by atoms with Gasteiger partial charge < -0.3 is 41.7 Å². The molecule has 1 saturated heterocycles. The SMILES string of the molecule is COC(=O)C[C@@H](NC(=O)[C@@H](NC(=O)[C@@H](/N=C(\NCCO)[C@@H](NC(=O)[C@@H](NC(=O)[C@H]1NCC[C@H]1C)C(C)C)C(C)(C)C)C(C)(C)C)[C@@H](C)c1ccccc1)c1nccs1. The second kappa shape index (κ2) is 21.6. The lowest BCUT2D eigenvalue weighted by Crippen LogP contribution is -2.61. The molecule has 0 saturated carbocycles. The van der Waals surface area contributed by atoms with Crippen molar-refractivity contribution in [3.05, 3.63) is 52.5 Å². The van der Waals surface area contributed by atoms with E-state index in [1.807, 2.05) is 99.6 Å². The second-order valence-electron chi connectivity index (χ2n) is 17.6. The Bertz CT molecular complexity index is 1690. The number of carbonyl (C=O) groups excluding carboxylic acids is 5. The third-order valence-electron chi connectivity index (χ3n) is 10.3. The topological polar surface area (TPSA) is 212 Å². The molecule has 58 heavy (non-hydrogen) atoms. The van der Waals surface area contributed by atoms with Gasteiger partial charge in [-0.15, -0.1) is 11.3 Å². The van der Waals surface area contributed by atoms with Crippen LogP contribution < -0.4 is 31.9 Å². The van der Waals surface area contributed by atoms with Crippen molar-refractivity contribution in [3.63, 3.8) is 0 Å². The van der Waals surface area contributed by atoms with Gasteiger partial charge in [-0.2, -0.15) is 0 Å². The van der Waals surface area contributed by atoms with Gasteiger partial charge in [0.05, 0.1) is 38.3 Å². The van der Waals surface area contributed by atoms with Crippen LogP contribution in [0.4, 0.5) is 0 Å². The van der Waals surface area contributed by atoms with Crippen LogP contribution in [-0.2, 0) is 28.7 Å². The van der Waals surface area contributed by atoms with E-state index in [1.165, 1.54) is 18.4 Å². The highest BCUT2D eigenvalue weighted by molar-refractivity contribution is 7.09. The molecule has 0 spiro atoms. The van der Waals surface area contributed by atoms with Gasteiger partial charge >= 0.3 is 5.97 Å². The number of hydrogen-bond donors (Lipinski definition) is 7. The number of amidine groups is 1. The van der Waals surface area contributed by atoms with Gasteiger partial charge in [-0.05, 0) is 41.2 Å². The molecule has 1 aliphatic rings. The molecule has 1 aliphatic heterocycles. The molecule has 1 aromatic carbocycles. The van der Waals surface area contributed by atoms with Crippen LogP contribution in [0.2, 0.25) is 0 Å². The summed E-state index contributed by atoms with van der Waals surface area (Å²) >= 11 is 1.28. The molecular weight excluding hydrogens is 761 g/mol. The number of aliphatic hydroxyl groups excluding tert-OH is 1. The van der Waals surface area contributed by atoms with E-state index in [2.05, 4.69) is 36.9 Å². The predicted molar refractivity (Wildman–Crippen MR) is 226 cm³/mol. The fourth-order valence-electron chi connectivity index (χ4n) is 6.80. The van der Waals surface area contributed by atoms with Crippen LogP contribution in [-0.4, -0.2) is 103 Å². The molecule has 322 valence electrons. The van der Waals surface area contributed by atoms with E-state index in [1.54, 1.807) is 11.6 Å². The molecule has 8 atom stereocenters. The van der Waals surface area contributed by atoms with Gasteiger partial charge in [0.15, 0.2) is 0 Å². The Hall–Kier alpha value is -4.41. The van der Waals surface area contributed by atoms with E-state index in [4.69, 9.17) is 9.73 Å². The number of amides is 4. The van der Waals surface area contributed by atoms with Gasteiger partial charge in [0.25, 0.3) is 0 Å². The van der Waals surface area contributed by atoms with Crippen molar-refractivity contribution in [2.45, 2.75) is 124 Å². The van der Waals surface area contributed by atoms with Crippen molar-refractivity contribution in [3.8, 4) is 0 Å². The average Bonchev–Trinajstić information content (AvgIpc) is 3.86. The first-order chi connectivity index (χ1) is 27.2. The van der Waals surface area contributed by atoms with Gasteiger partial charge in [0.1, 0.15) is 29.0 Å². The molecular formula is C42H66N8O7S. The van der Waals surface area contributed by atoms with Crippen molar-refractivity contribution in [2.75, 3.05) is 26.8 Å². The standard InChI is InChI=1S/C42H66N8O7S/c1-24(2)30(47-37(54)31-25(3)17-18-43-31)36(53)50-33(41(5,6)7)35(44-19-21-51)49-34(42(8,9)10)39(56)48-32(26(4)27-15-13-12-14-16-27)38(55)46-28(23-29(52)57-11)40-45-20-22-58-40/h12-16,20,22,24-26,28,30-34,43,51H,17-19,21,23H2,1-11H3,(H,44,49)(H,46,55)(H,47,54)(H,48,56)(H,50,53)/t25-,26+,28-,30+,31+,32+,33-,34-/m1/s1. The summed E-state index contributed by atoms with van der Waals surface area (Å²) in [6.07, 6.45) is 2.28. The molecule has 1 aromatic heterocycles. The van der Waals surface area contributed by atoms with Crippen molar-refractivity contribution in [1.82, 2.24) is 36.9 Å². The maximum absolute atomic E-state index is 14.7. The Balaban J connectivity index is 2.04. The first-order valence-electron chi connectivity index (χ1n) is 20.1. The molecule has 15 nitrogen and oxygen atoms in total. The number of aromatic nitrogens is 1. The summed E-state index contributed by atoms with van der Waals surface area (Å²) in [6, 6.07) is 4.21. The number of hydrogen-bond acceptors (Lipinski definition) is 11. The van der Waals surface area contributed by atoms with Crippen LogP contribution in [0.25, 0.3) is 0 Å². The van der Waals surface area contributed by atoms with Crippen molar-refractivity contribution in [2.24, 2.45) is 27.7 Å². The lowest BCUT2D eigenvalue weighted by molar-refractivity contribution is -0.141. The largest absolute Gasteiger partial charge is 0.469 e. The van der Waals surface area contributed by atoms with Crippen LogP contribution in [0.5, 0.6) is 0 Å². The summed E-state index contributed by atoms with van der Waals surface area (Å²) in [4.78, 5) is 78.1. The Morgan fingerprint density at radius 3 is 2.10 bits per heavy atom. The maximum atomic E-state index is 14.7. The fourth-order valence-corrected chi connectivity index (χ4v) is 7.49. The normalized spacial score (nSPS) is 19.2. The molecule has 0 radical (unpaired) electrons. The minimum absolute atomic E-state index is 0.0732. The Kier molecular flexibility index (Phi) is 17.8. The molecule has 1 fully saturated rings. The molecule has 16 heteroatoms. The van der Waals surface area contributed by atoms with E-state index < -0.39 is 76.7 Å². The fraction of sp³-hybridized carbons (Fsp3) is 0.643. The van der Waals surface area contributed by atoms with Gasteiger partial charge in [0, 0.05) is 24.0 Å². The lowest BCUT2D eigenvalue weighted by Gasteiger charge is -2.37. The monoisotopic (exact) mass is 826 g/mol. The molecule has 0 bridgehead atoms. The summed E-state index contributed by atoms with van der Waals surface area (Å²) in [5.41, 5.74) is -0.686. The quantitative estimate of drug-likeness (QED) is 0.0663. The Morgan fingerprint density at radius 1 is 0.931 bits per heavy atom. The van der Waals surface area contributed by atoms with E-state index in [0.29, 0.717) is 5.01 Å². The minimum Gasteiger partial charge on any atom is -0.469 e. The van der Waals surface area contributed by atoms with Gasteiger partial charge in [0.2, 0.25) is 23.6 Å². The zero-order valence-corrected chi connectivity index (χ0v) is 36.8. The highest BCUT2D eigenvalue weighted by Gasteiger charge is 2.41. The number of methoxy groups -OCH3 is 1. The van der Waals surface area contributed by atoms with Crippen molar-refractivity contribution in [1.29, 1.82) is 0 Å². The highest BCUT2D eigenvalue weighted by Crippen LogP contribution is 2.28. The third-order valence-corrected chi connectivity index (χ3v) is 11.2. The molecule has 2 aromatic rings. The Labute approximate surface area is 347 Å². The summed E-state index contributed by atoms with van der Waals surface area (Å²) in [5, 5.41) is 30.6. The third kappa shape index (κ3) is 13.6. The number of nitrogens with one attached hydrogen (secondary N) is 6. The number of aliphatic imine (C=N–C) groups is 1. The average molecular weight is 827 g/mol. The van der Waals surface area contributed by atoms with Crippen LogP contribution >= 0.6 is 11.3 Å². The van der Waals surface area contributed by atoms with Crippen LogP contribution in [0.15, 0.2) is 46.9 Å². The van der Waals surface area contributed by atoms with E-state index >= 15 is 0 Å². The summed E-state index contributed by atoms with van der Waals surface area (Å²) < 4.78 is 4.90. The molecule has 4 amide bonds. The number of ether oxygens (including phenoxy) is 1. The van der Waals surface area contributed by atoms with Crippen LogP contribution in [0.3, 0.4) is 0 Å². The summed E-state index contributed by atoms with van der Waals surface area (Å²) in [5.74, 6) is -2.68. The smallest absolute Gasteiger partial charge is 0.308 e. The lowest BCUT2D eigenvalue weighted by atomic mass is 9.83. The predicted octanol–water partition coefficient (Wildman–Crippen LogP) is 3.22. The van der Waals surface area contributed by atoms with Crippen molar-refractivity contribution < 1.29 is 33.8 Å². The molecule has 7 N–H and O–H groups in total. The van der Waals surface area contributed by atoms with E-state index in [-0.39, 0.29) is 43.2 Å². The summed E-state index contributed by atoms with van der Waals surface area (Å²) in [6.45, 7) is 19.4. The first kappa shape index (κ1) is 48.0. The Morgan fingerprint density at radius 2 is 1.59 bits per heavy atom. The molecule has 0 unspecified atom stereocenters. The minimum atomic E-state index is -1.12. The zero-order valence-electron chi connectivity index (χ0n) is 36.0. The second-order valence-corrected chi connectivity index (χ2v) is 18.5. The van der Waals surface area contributed by atoms with E-state index in [9.17, 15) is 29.1 Å². The number of carbonyl (C=O) groups is 5. The van der Waals surface area contributed by atoms with Gasteiger partial charge in [-0.1, -0.05) is 99.6 Å². The number of nitrogens with zero attached hydrogens (tertiary/aromatic N) is 2. The molecule has 3 rings (SSSR count). The highest BCUT2D eigenvalue weighted by atomic mass is 32.1. The maximum Gasteiger partial charge on any atom is 0.308 e. The number of thiazole rings is 1. The van der Waals surface area contributed by atoms with Gasteiger partial charge in [-0.25, -0.2) is 4.98 Å². The summed E-state index contributed by atoms with van der Waals surface area (Å²) in [7, 11) is 1.27. The number of rotatable bonds is 18. The first-order valence-corrected chi connectivity index (χ1v) is 21.0. The zero-order chi connectivity index (χ0) is 43.4. The van der Waals surface area contributed by atoms with Crippen molar-refractivity contribution >= 4 is 46.8 Å². The molecule has 0 aliphatic carbocycles. The number of aliphatic hydroxyl groups is 1. The van der Waals surface area contributed by atoms with Crippen LogP contribution in [0, 0.1) is 22.7 Å². The van der Waals surface area contributed by atoms with Crippen LogP contribution in [0.1, 0.15) is 105 Å². The van der Waals surface area contributed by atoms with Gasteiger partial charge in [-0.3, -0.25) is 29.0 Å². The molecule has 2 heterocycles. The van der Waals surface area contributed by atoms with E-state index in [0.717, 1.165) is 18.5 Å².